The Morgan fingerprint density at radius 2 is 1.64 bits per heavy atom. The van der Waals surface area contributed by atoms with Crippen LogP contribution in [0.4, 0.5) is 5.69 Å². The van der Waals surface area contributed by atoms with E-state index in [4.69, 9.17) is 32.7 Å². The summed E-state index contributed by atoms with van der Waals surface area (Å²) in [5.74, 6) is 0.0345. The molecule has 44 heavy (non-hydrogen) atoms. The number of rotatable bonds is 11. The Balaban J connectivity index is 1.52. The molecular formula is C32H35Cl2N3O6S. The molecule has 0 bridgehead atoms. The van der Waals surface area contributed by atoms with E-state index in [-0.39, 0.29) is 29.1 Å². The molecule has 0 aromatic heterocycles. The number of carbonyl (C=O) groups excluding carboxylic acids is 2. The normalized spacial score (nSPS) is 15.4. The number of anilines is 1. The van der Waals surface area contributed by atoms with Crippen LogP contribution in [0.2, 0.25) is 10.0 Å². The van der Waals surface area contributed by atoms with Gasteiger partial charge in [-0.15, -0.1) is 0 Å². The summed E-state index contributed by atoms with van der Waals surface area (Å²) in [5, 5.41) is 3.77. The lowest BCUT2D eigenvalue weighted by atomic mass is 10.1. The molecule has 1 saturated carbocycles. The molecule has 1 aliphatic carbocycles. The van der Waals surface area contributed by atoms with E-state index < -0.39 is 28.5 Å². The first kappa shape index (κ1) is 31.9. The van der Waals surface area contributed by atoms with Crippen molar-refractivity contribution in [2.75, 3.05) is 24.1 Å². The van der Waals surface area contributed by atoms with Crippen molar-refractivity contribution in [2.24, 2.45) is 0 Å². The molecule has 1 aliphatic heterocycles. The van der Waals surface area contributed by atoms with Crippen LogP contribution in [-0.4, -0.2) is 57.0 Å². The molecule has 1 heterocycles. The molecule has 0 unspecified atom stereocenters. The van der Waals surface area contributed by atoms with Gasteiger partial charge in [0.15, 0.2) is 11.5 Å². The average Bonchev–Trinajstić information content (AvgIpc) is 3.54. The van der Waals surface area contributed by atoms with Crippen LogP contribution in [0.15, 0.2) is 71.6 Å². The van der Waals surface area contributed by atoms with Gasteiger partial charge in [-0.2, -0.15) is 0 Å². The van der Waals surface area contributed by atoms with E-state index in [1.165, 1.54) is 17.0 Å². The quantitative estimate of drug-likeness (QED) is 0.278. The van der Waals surface area contributed by atoms with Crippen LogP contribution < -0.4 is 19.1 Å². The van der Waals surface area contributed by atoms with E-state index in [2.05, 4.69) is 5.32 Å². The molecule has 9 nitrogen and oxygen atoms in total. The second-order valence-electron chi connectivity index (χ2n) is 10.8. The van der Waals surface area contributed by atoms with Crippen molar-refractivity contribution in [1.82, 2.24) is 10.2 Å². The number of carbonyl (C=O) groups is 2. The zero-order chi connectivity index (χ0) is 31.3. The topological polar surface area (TPSA) is 105 Å². The van der Waals surface area contributed by atoms with Crippen molar-refractivity contribution < 1.29 is 27.5 Å². The van der Waals surface area contributed by atoms with Gasteiger partial charge in [-0.25, -0.2) is 8.42 Å². The highest BCUT2D eigenvalue weighted by molar-refractivity contribution is 7.92. The lowest BCUT2D eigenvalue weighted by molar-refractivity contribution is -0.140. The van der Waals surface area contributed by atoms with Crippen LogP contribution >= 0.6 is 23.2 Å². The van der Waals surface area contributed by atoms with Crippen molar-refractivity contribution in [3.63, 3.8) is 0 Å². The highest BCUT2D eigenvalue weighted by Gasteiger charge is 2.35. The largest absolute Gasteiger partial charge is 0.486 e. The highest BCUT2D eigenvalue weighted by atomic mass is 35.5. The Labute approximate surface area is 268 Å². The van der Waals surface area contributed by atoms with Crippen molar-refractivity contribution in [3.8, 4) is 11.5 Å². The number of sulfonamides is 1. The maximum absolute atomic E-state index is 14.3. The minimum Gasteiger partial charge on any atom is -0.486 e. The number of benzene rings is 3. The maximum atomic E-state index is 14.3. The lowest BCUT2D eigenvalue weighted by Crippen LogP contribution is -2.53. The van der Waals surface area contributed by atoms with Gasteiger partial charge in [0.1, 0.15) is 25.8 Å². The summed E-state index contributed by atoms with van der Waals surface area (Å²) in [4.78, 5) is 29.4. The maximum Gasteiger partial charge on any atom is 0.264 e. The predicted octanol–water partition coefficient (Wildman–Crippen LogP) is 5.83. The minimum absolute atomic E-state index is 0.0183. The molecular weight excluding hydrogens is 625 g/mol. The van der Waals surface area contributed by atoms with Crippen LogP contribution in [-0.2, 0) is 26.2 Å². The third kappa shape index (κ3) is 7.25. The summed E-state index contributed by atoms with van der Waals surface area (Å²) in [6.07, 6.45) is 4.16. The Kier molecular flexibility index (Phi) is 10.2. The molecule has 5 rings (SSSR count). The summed E-state index contributed by atoms with van der Waals surface area (Å²) < 4.78 is 40.5. The van der Waals surface area contributed by atoms with Gasteiger partial charge in [0.25, 0.3) is 10.0 Å². The Hall–Kier alpha value is -3.47. The number of nitrogens with zero attached hydrogens (tertiary/aromatic N) is 2. The summed E-state index contributed by atoms with van der Waals surface area (Å²) in [6, 6.07) is 16.9. The van der Waals surface area contributed by atoms with Crippen LogP contribution in [0, 0.1) is 0 Å². The lowest BCUT2D eigenvalue weighted by Gasteiger charge is -2.34. The molecule has 12 heteroatoms. The van der Waals surface area contributed by atoms with Gasteiger partial charge < -0.3 is 19.7 Å². The number of fused-ring (bicyclic) bond motifs is 1. The Bertz CT molecular complexity index is 1600. The van der Waals surface area contributed by atoms with E-state index >= 15 is 0 Å². The number of amides is 2. The zero-order valence-corrected chi connectivity index (χ0v) is 26.7. The third-order valence-corrected chi connectivity index (χ3v) is 10.4. The van der Waals surface area contributed by atoms with Gasteiger partial charge in [-0.05, 0) is 61.2 Å². The molecule has 1 N–H and O–H groups in total. The fourth-order valence-electron chi connectivity index (χ4n) is 5.56. The van der Waals surface area contributed by atoms with E-state index in [9.17, 15) is 18.0 Å². The number of nitrogens with one attached hydrogen (secondary N) is 1. The zero-order valence-electron chi connectivity index (χ0n) is 24.4. The molecule has 3 aromatic carbocycles. The van der Waals surface area contributed by atoms with Crippen molar-refractivity contribution in [1.29, 1.82) is 0 Å². The molecule has 3 aromatic rings. The summed E-state index contributed by atoms with van der Waals surface area (Å²) in [7, 11) is -4.22. The molecule has 0 radical (unpaired) electrons. The molecule has 0 saturated heterocycles. The SMILES string of the molecule is CC[C@H](C(=O)NC1CCCC1)N(Cc1ccc(Cl)c(Cl)c1)C(=O)CN(c1ccc2c(c1)OCCO2)S(=O)(=O)c1ccccc1. The second-order valence-corrected chi connectivity index (χ2v) is 13.5. The molecule has 2 amide bonds. The van der Waals surface area contributed by atoms with Crippen molar-refractivity contribution in [3.05, 3.63) is 82.3 Å². The first-order valence-electron chi connectivity index (χ1n) is 14.7. The summed E-state index contributed by atoms with van der Waals surface area (Å²) in [5.41, 5.74) is 0.876. The smallest absolute Gasteiger partial charge is 0.264 e. The first-order chi connectivity index (χ1) is 21.2. The van der Waals surface area contributed by atoms with Crippen molar-refractivity contribution >= 4 is 50.7 Å². The first-order valence-corrected chi connectivity index (χ1v) is 16.9. The number of hydrogen-bond donors (Lipinski definition) is 1. The fourth-order valence-corrected chi connectivity index (χ4v) is 7.31. The summed E-state index contributed by atoms with van der Waals surface area (Å²) >= 11 is 12.4. The Morgan fingerprint density at radius 3 is 2.32 bits per heavy atom. The highest BCUT2D eigenvalue weighted by Crippen LogP contribution is 2.36. The number of hydrogen-bond acceptors (Lipinski definition) is 6. The average molecular weight is 661 g/mol. The van der Waals surface area contributed by atoms with Gasteiger partial charge in [-0.3, -0.25) is 13.9 Å². The van der Waals surface area contributed by atoms with E-state index in [0.717, 1.165) is 30.0 Å². The molecule has 2 aliphatic rings. The standard InChI is InChI=1S/C32H35Cl2N3O6S/c1-2-28(32(39)35-23-8-6-7-9-23)36(20-22-12-14-26(33)27(34)18-22)31(38)21-37(44(40,41)25-10-4-3-5-11-25)24-13-15-29-30(19-24)43-17-16-42-29/h3-5,10-15,18-19,23,28H,2,6-9,16-17,20-21H2,1H3,(H,35,39)/t28-/m1/s1. The van der Waals surface area contributed by atoms with Gasteiger partial charge in [0.2, 0.25) is 11.8 Å². The van der Waals surface area contributed by atoms with Crippen LogP contribution in [0.3, 0.4) is 0 Å². The monoisotopic (exact) mass is 659 g/mol. The van der Waals surface area contributed by atoms with E-state index in [1.807, 2.05) is 6.92 Å². The molecule has 1 atom stereocenters. The molecule has 234 valence electrons. The number of halogens is 2. The van der Waals surface area contributed by atoms with Gasteiger partial charge >= 0.3 is 0 Å². The van der Waals surface area contributed by atoms with E-state index in [0.29, 0.717) is 46.7 Å². The summed E-state index contributed by atoms with van der Waals surface area (Å²) in [6.45, 7) is 1.97. The predicted molar refractivity (Wildman–Crippen MR) is 170 cm³/mol. The van der Waals surface area contributed by atoms with E-state index in [1.54, 1.807) is 54.6 Å². The molecule has 1 fully saturated rings. The number of ether oxygens (including phenoxy) is 2. The fraction of sp³-hybridized carbons (Fsp3) is 0.375. The molecule has 0 spiro atoms. The second kappa shape index (κ2) is 14.1. The minimum atomic E-state index is -4.22. The third-order valence-electron chi connectivity index (χ3n) is 7.85. The van der Waals surface area contributed by atoms with Crippen molar-refractivity contribution in [2.45, 2.75) is 62.6 Å². The van der Waals surface area contributed by atoms with Crippen LogP contribution in [0.25, 0.3) is 0 Å². The van der Waals surface area contributed by atoms with Crippen LogP contribution in [0.5, 0.6) is 11.5 Å². The van der Waals surface area contributed by atoms with Gasteiger partial charge in [0.05, 0.1) is 20.6 Å². The Morgan fingerprint density at radius 1 is 0.932 bits per heavy atom. The van der Waals surface area contributed by atoms with Crippen LogP contribution in [0.1, 0.15) is 44.6 Å². The van der Waals surface area contributed by atoms with Gasteiger partial charge in [-0.1, -0.05) is 67.2 Å². The van der Waals surface area contributed by atoms with Gasteiger partial charge in [0, 0.05) is 18.7 Å².